The number of aromatic nitrogens is 4. The van der Waals surface area contributed by atoms with Crippen LogP contribution in [-0.4, -0.2) is 61.0 Å². The van der Waals surface area contributed by atoms with E-state index in [0.29, 0.717) is 57.0 Å². The number of carbonyl (C=O) groups excluding carboxylic acids is 2. The Kier molecular flexibility index (Phi) is 5.11. The molecule has 0 spiro atoms. The van der Waals surface area contributed by atoms with Crippen molar-refractivity contribution in [3.63, 3.8) is 0 Å². The molecule has 1 N–H and O–H groups in total. The van der Waals surface area contributed by atoms with Crippen molar-refractivity contribution in [2.75, 3.05) is 19.6 Å². The fraction of sp³-hybridized carbons (Fsp3) is 0.591. The number of likely N-dealkylation sites (tertiary alicyclic amines) is 1. The molecule has 0 aromatic carbocycles. The van der Waals surface area contributed by atoms with E-state index in [4.69, 9.17) is 4.98 Å². The highest BCUT2D eigenvalue weighted by molar-refractivity contribution is 5.81. The van der Waals surface area contributed by atoms with Gasteiger partial charge in [-0.05, 0) is 38.7 Å². The average molecular weight is 425 g/mol. The molecule has 1 saturated carbocycles. The van der Waals surface area contributed by atoms with Crippen LogP contribution in [0.1, 0.15) is 54.4 Å². The fourth-order valence-corrected chi connectivity index (χ4v) is 4.59. The molecule has 31 heavy (non-hydrogen) atoms. The van der Waals surface area contributed by atoms with Crippen LogP contribution in [0.4, 0.5) is 0 Å². The predicted molar refractivity (Wildman–Crippen MR) is 112 cm³/mol. The number of hydrogen-bond acceptors (Lipinski definition) is 5. The van der Waals surface area contributed by atoms with E-state index in [1.165, 1.54) is 0 Å². The predicted octanol–water partition coefficient (Wildman–Crippen LogP) is 0.976. The zero-order valence-electron chi connectivity index (χ0n) is 17.8. The second kappa shape index (κ2) is 7.94. The number of aromatic amines is 1. The maximum atomic E-state index is 12.7. The normalized spacial score (nSPS) is 20.7. The second-order valence-electron chi connectivity index (χ2n) is 8.96. The molecule has 0 unspecified atom stereocenters. The van der Waals surface area contributed by atoms with Crippen LogP contribution < -0.4 is 5.56 Å². The highest BCUT2D eigenvalue weighted by atomic mass is 16.2. The molecule has 5 rings (SSSR count). The van der Waals surface area contributed by atoms with Gasteiger partial charge in [0.25, 0.3) is 5.56 Å². The number of rotatable bonds is 5. The van der Waals surface area contributed by atoms with Gasteiger partial charge < -0.3 is 14.8 Å². The summed E-state index contributed by atoms with van der Waals surface area (Å²) in [5, 5.41) is 4.32. The molecular formula is C22H28N6O3. The summed E-state index contributed by atoms with van der Waals surface area (Å²) in [6, 6.07) is 1.92. The summed E-state index contributed by atoms with van der Waals surface area (Å²) in [6.07, 6.45) is 5.57. The Hall–Kier alpha value is -2.97. The van der Waals surface area contributed by atoms with Crippen LogP contribution in [0.5, 0.6) is 0 Å². The van der Waals surface area contributed by atoms with Crippen molar-refractivity contribution in [2.24, 2.45) is 5.92 Å². The molecule has 0 radical (unpaired) electrons. The van der Waals surface area contributed by atoms with Gasteiger partial charge in [0.15, 0.2) is 0 Å². The minimum atomic E-state index is -0.0997. The van der Waals surface area contributed by atoms with Gasteiger partial charge >= 0.3 is 0 Å². The molecule has 2 aromatic rings. The first kappa shape index (κ1) is 20.0. The lowest BCUT2D eigenvalue weighted by molar-refractivity contribution is -0.133. The molecular weight excluding hydrogens is 396 g/mol. The minimum absolute atomic E-state index is 0.0170. The third-order valence-electron chi connectivity index (χ3n) is 6.59. The van der Waals surface area contributed by atoms with E-state index in [9.17, 15) is 14.4 Å². The van der Waals surface area contributed by atoms with E-state index < -0.39 is 0 Å². The Bertz CT molecular complexity index is 1070. The van der Waals surface area contributed by atoms with Crippen molar-refractivity contribution < 1.29 is 9.59 Å². The maximum absolute atomic E-state index is 12.7. The number of nitrogens with one attached hydrogen (secondary N) is 1. The number of hydrogen-bond donors (Lipinski definition) is 1. The first-order valence-electron chi connectivity index (χ1n) is 11.2. The van der Waals surface area contributed by atoms with Crippen molar-refractivity contribution in [1.82, 2.24) is 29.5 Å². The van der Waals surface area contributed by atoms with Crippen LogP contribution in [0.3, 0.4) is 0 Å². The van der Waals surface area contributed by atoms with E-state index in [0.717, 1.165) is 30.7 Å². The number of amides is 2. The first-order chi connectivity index (χ1) is 15.0. The van der Waals surface area contributed by atoms with Crippen molar-refractivity contribution in [2.45, 2.75) is 58.0 Å². The quantitative estimate of drug-likeness (QED) is 0.770. The molecule has 1 saturated heterocycles. The lowest BCUT2D eigenvalue weighted by Crippen LogP contribution is -2.40. The Labute approximate surface area is 180 Å². The molecule has 9 heteroatoms. The van der Waals surface area contributed by atoms with Gasteiger partial charge in [0.05, 0.1) is 17.9 Å². The molecule has 164 valence electrons. The first-order valence-corrected chi connectivity index (χ1v) is 11.2. The second-order valence-corrected chi connectivity index (χ2v) is 8.96. The number of carbonyl (C=O) groups is 2. The number of H-pyrrole nitrogens is 1. The molecule has 2 aliphatic heterocycles. The Morgan fingerprint density at radius 2 is 2.03 bits per heavy atom. The van der Waals surface area contributed by atoms with E-state index >= 15 is 0 Å². The van der Waals surface area contributed by atoms with Crippen molar-refractivity contribution >= 4 is 11.8 Å². The summed E-state index contributed by atoms with van der Waals surface area (Å²) in [6.45, 7) is 4.72. The minimum Gasteiger partial charge on any atom is -0.342 e. The number of nitrogens with zero attached hydrogens (tertiary/aromatic N) is 5. The van der Waals surface area contributed by atoms with Gasteiger partial charge in [0.2, 0.25) is 11.8 Å². The van der Waals surface area contributed by atoms with Crippen LogP contribution in [0, 0.1) is 12.8 Å². The van der Waals surface area contributed by atoms with E-state index in [1.807, 2.05) is 29.0 Å². The summed E-state index contributed by atoms with van der Waals surface area (Å²) < 4.78 is 1.79. The van der Waals surface area contributed by atoms with Crippen LogP contribution in [-0.2, 0) is 29.1 Å². The average Bonchev–Trinajstić information content (AvgIpc) is 3.34. The van der Waals surface area contributed by atoms with Crippen molar-refractivity contribution in [1.29, 1.82) is 0 Å². The highest BCUT2D eigenvalue weighted by Gasteiger charge is 2.36. The lowest BCUT2D eigenvalue weighted by atomic mass is 10.0. The number of fused-ring (bicyclic) bond motifs is 1. The zero-order chi connectivity index (χ0) is 21.5. The van der Waals surface area contributed by atoms with E-state index in [-0.39, 0.29) is 29.2 Å². The monoisotopic (exact) mass is 424 g/mol. The van der Waals surface area contributed by atoms with Crippen LogP contribution >= 0.6 is 0 Å². The summed E-state index contributed by atoms with van der Waals surface area (Å²) >= 11 is 0. The highest BCUT2D eigenvalue weighted by Crippen LogP contribution is 2.32. The molecule has 9 nitrogen and oxygen atoms in total. The van der Waals surface area contributed by atoms with Crippen LogP contribution in [0.25, 0.3) is 0 Å². The molecule has 2 fully saturated rings. The van der Waals surface area contributed by atoms with Gasteiger partial charge in [0.1, 0.15) is 5.82 Å². The van der Waals surface area contributed by atoms with Crippen molar-refractivity contribution in [3.05, 3.63) is 45.4 Å². The largest absolute Gasteiger partial charge is 0.342 e. The molecule has 0 bridgehead atoms. The maximum Gasteiger partial charge on any atom is 0.254 e. The van der Waals surface area contributed by atoms with E-state index in [2.05, 4.69) is 10.1 Å². The van der Waals surface area contributed by atoms with Gasteiger partial charge in [-0.25, -0.2) is 4.98 Å². The lowest BCUT2D eigenvalue weighted by Gasteiger charge is -2.28. The van der Waals surface area contributed by atoms with E-state index in [1.54, 1.807) is 4.68 Å². The van der Waals surface area contributed by atoms with Gasteiger partial charge in [-0.1, -0.05) is 0 Å². The van der Waals surface area contributed by atoms with Gasteiger partial charge in [-0.15, -0.1) is 0 Å². The third kappa shape index (κ3) is 4.13. The standard InChI is InChI=1S/C22H28N6O3/c1-14-4-10-28(25-14)11-7-19(29)26-8-5-16(12-26)20-23-18-13-27(22(31)15-2-3-15)9-6-17(18)21(30)24-20/h4,10,15-16H,2-3,5-9,11-13H2,1H3,(H,23,24,30)/t16-/m1/s1. The summed E-state index contributed by atoms with van der Waals surface area (Å²) in [5.74, 6) is 1.12. The van der Waals surface area contributed by atoms with Gasteiger partial charge in [0, 0.05) is 56.2 Å². The number of aryl methyl sites for hydroxylation is 2. The van der Waals surface area contributed by atoms with Crippen molar-refractivity contribution in [3.8, 4) is 0 Å². The molecule has 3 aliphatic rings. The third-order valence-corrected chi connectivity index (χ3v) is 6.59. The van der Waals surface area contributed by atoms with Gasteiger partial charge in [-0.2, -0.15) is 5.10 Å². The zero-order valence-corrected chi connectivity index (χ0v) is 17.8. The smallest absolute Gasteiger partial charge is 0.254 e. The Morgan fingerprint density at radius 3 is 2.77 bits per heavy atom. The molecule has 2 amide bonds. The summed E-state index contributed by atoms with van der Waals surface area (Å²) in [5.41, 5.74) is 2.26. The van der Waals surface area contributed by atoms with Crippen LogP contribution in [0.2, 0.25) is 0 Å². The summed E-state index contributed by atoms with van der Waals surface area (Å²) in [4.78, 5) is 49.1. The van der Waals surface area contributed by atoms with Crippen LogP contribution in [0.15, 0.2) is 17.1 Å². The molecule has 1 atom stereocenters. The molecule has 4 heterocycles. The fourth-order valence-electron chi connectivity index (χ4n) is 4.59. The molecule has 2 aromatic heterocycles. The topological polar surface area (TPSA) is 104 Å². The SMILES string of the molecule is Cc1ccn(CCC(=O)N2CC[C@@H](c3nc4c(c(=O)[nH]3)CCN(C(=O)C3CC3)C4)C2)n1. The Balaban J connectivity index is 1.24. The molecule has 1 aliphatic carbocycles. The van der Waals surface area contributed by atoms with Gasteiger partial charge in [-0.3, -0.25) is 19.1 Å². The summed E-state index contributed by atoms with van der Waals surface area (Å²) in [7, 11) is 0. The Morgan fingerprint density at radius 1 is 1.19 bits per heavy atom.